The van der Waals surface area contributed by atoms with Crippen LogP contribution in [0.15, 0.2) is 36.5 Å². The molecule has 66 valence electrons. The van der Waals surface area contributed by atoms with Gasteiger partial charge in [-0.3, -0.25) is 0 Å². The largest absolute Gasteiger partial charge is 2.00 e. The van der Waals surface area contributed by atoms with E-state index in [0.717, 1.165) is 0 Å². The fraction of sp³-hybridized carbons (Fsp3) is 0.200. The molecule has 3 heteroatoms. The van der Waals surface area contributed by atoms with Gasteiger partial charge in [-0.15, -0.1) is 6.58 Å². The van der Waals surface area contributed by atoms with Crippen LogP contribution in [-0.4, -0.2) is 31.1 Å². The van der Waals surface area contributed by atoms with Gasteiger partial charge in [-0.2, -0.15) is 35.5 Å². The first kappa shape index (κ1) is 15.7. The molecule has 0 bridgehead atoms. The average molecular weight is 221 g/mol. The molecule has 0 aliphatic rings. The third-order valence-electron chi connectivity index (χ3n) is 1.97. The number of benzene rings is 1. The zero-order chi connectivity index (χ0) is 8.32. The molecule has 0 aliphatic carbocycles. The Morgan fingerprint density at radius 3 is 2.15 bits per heavy atom. The second-order valence-corrected chi connectivity index (χ2v) is 7.64. The standard InChI is InChI=1S/C10H13Si.ClH.Mg/c1-4-11(2,3)10-8-6-5-7-9-10;;/h4,6-9H,1H2,2-3H3;1H;/q-1;;+2/p-1. The van der Waals surface area contributed by atoms with Crippen molar-refractivity contribution in [3.05, 3.63) is 42.6 Å². The van der Waals surface area contributed by atoms with Gasteiger partial charge in [0.1, 0.15) is 0 Å². The Labute approximate surface area is 104 Å². The minimum atomic E-state index is -1.31. The van der Waals surface area contributed by atoms with E-state index in [-0.39, 0.29) is 35.5 Å². The molecular formula is C10H13ClMgSi. The normalized spacial score (nSPS) is 9.38. The summed E-state index contributed by atoms with van der Waals surface area (Å²) in [5, 5.41) is 1.42. The fourth-order valence-corrected chi connectivity index (χ4v) is 2.20. The van der Waals surface area contributed by atoms with E-state index in [9.17, 15) is 0 Å². The average Bonchev–Trinajstić information content (AvgIpc) is 2.06. The van der Waals surface area contributed by atoms with E-state index in [0.29, 0.717) is 0 Å². The summed E-state index contributed by atoms with van der Waals surface area (Å²) in [5.41, 5.74) is 2.10. The molecule has 0 saturated heterocycles. The molecule has 1 rings (SSSR count). The van der Waals surface area contributed by atoms with Gasteiger partial charge in [-0.25, -0.2) is 0 Å². The monoisotopic (exact) mass is 220 g/mol. The maximum absolute atomic E-state index is 3.86. The molecule has 1 aromatic rings. The van der Waals surface area contributed by atoms with Gasteiger partial charge >= 0.3 is 23.1 Å². The quantitative estimate of drug-likeness (QED) is 0.432. The van der Waals surface area contributed by atoms with Gasteiger partial charge in [0.25, 0.3) is 0 Å². The van der Waals surface area contributed by atoms with Crippen LogP contribution in [0.4, 0.5) is 0 Å². The summed E-state index contributed by atoms with van der Waals surface area (Å²) in [6.45, 7) is 8.43. The summed E-state index contributed by atoms with van der Waals surface area (Å²) in [6.07, 6.45) is 0. The van der Waals surface area contributed by atoms with E-state index in [1.807, 2.05) is 12.1 Å². The fourth-order valence-electron chi connectivity index (χ4n) is 0.934. The Morgan fingerprint density at radius 2 is 1.77 bits per heavy atom. The van der Waals surface area contributed by atoms with E-state index < -0.39 is 8.07 Å². The Bertz CT molecular complexity index is 246. The molecule has 0 N–H and O–H groups in total. The van der Waals surface area contributed by atoms with E-state index in [2.05, 4.69) is 43.6 Å². The maximum Gasteiger partial charge on any atom is 2.00 e. The smallest absolute Gasteiger partial charge is 1.00 e. The number of halogens is 1. The molecule has 1 aromatic carbocycles. The summed E-state index contributed by atoms with van der Waals surface area (Å²) in [4.78, 5) is 0. The van der Waals surface area contributed by atoms with Crippen LogP contribution >= 0.6 is 0 Å². The van der Waals surface area contributed by atoms with Crippen molar-refractivity contribution >= 4 is 36.3 Å². The third-order valence-corrected chi connectivity index (χ3v) is 4.81. The molecule has 0 saturated carbocycles. The predicted molar refractivity (Wildman–Crippen MR) is 58.3 cm³/mol. The van der Waals surface area contributed by atoms with Gasteiger partial charge < -0.3 is 12.4 Å². The topological polar surface area (TPSA) is 0 Å². The molecule has 0 nitrogen and oxygen atoms in total. The molecule has 13 heavy (non-hydrogen) atoms. The zero-order valence-electron chi connectivity index (χ0n) is 8.18. The molecule has 0 atom stereocenters. The van der Waals surface area contributed by atoms with Gasteiger partial charge in [0.2, 0.25) is 0 Å². The van der Waals surface area contributed by atoms with Crippen molar-refractivity contribution in [2.45, 2.75) is 13.1 Å². The number of hydrogen-bond donors (Lipinski definition) is 0. The van der Waals surface area contributed by atoms with Crippen LogP contribution in [0.1, 0.15) is 0 Å². The first-order valence-electron chi connectivity index (χ1n) is 3.77. The van der Waals surface area contributed by atoms with Crippen molar-refractivity contribution in [1.29, 1.82) is 0 Å². The molecule has 0 amide bonds. The molecule has 0 aromatic heterocycles. The van der Waals surface area contributed by atoms with Gasteiger partial charge in [-0.1, -0.05) is 18.8 Å². The van der Waals surface area contributed by atoms with Gasteiger partial charge in [0, 0.05) is 0 Å². The van der Waals surface area contributed by atoms with Crippen molar-refractivity contribution in [1.82, 2.24) is 0 Å². The predicted octanol–water partition coefficient (Wildman–Crippen LogP) is -1.25. The van der Waals surface area contributed by atoms with Crippen LogP contribution in [0.2, 0.25) is 13.1 Å². The van der Waals surface area contributed by atoms with Crippen molar-refractivity contribution < 1.29 is 12.4 Å². The molecule has 0 aliphatic heterocycles. The van der Waals surface area contributed by atoms with E-state index in [1.54, 1.807) is 0 Å². The summed E-state index contributed by atoms with van der Waals surface area (Å²) >= 11 is 0. The molecule has 0 spiro atoms. The van der Waals surface area contributed by atoms with Gasteiger partial charge in [0.15, 0.2) is 0 Å². The van der Waals surface area contributed by atoms with Crippen LogP contribution in [0, 0.1) is 6.07 Å². The molecule has 0 heterocycles. The third kappa shape index (κ3) is 4.31. The summed E-state index contributed by atoms with van der Waals surface area (Å²) in [5.74, 6) is 0. The summed E-state index contributed by atoms with van der Waals surface area (Å²) in [6, 6.07) is 11.2. The van der Waals surface area contributed by atoms with Gasteiger partial charge in [0.05, 0.1) is 8.07 Å². The van der Waals surface area contributed by atoms with Crippen molar-refractivity contribution in [2.75, 3.05) is 0 Å². The van der Waals surface area contributed by atoms with Gasteiger partial charge in [-0.05, 0) is 0 Å². The van der Waals surface area contributed by atoms with Crippen LogP contribution in [-0.2, 0) is 0 Å². The Kier molecular flexibility index (Phi) is 8.03. The Morgan fingerprint density at radius 1 is 1.31 bits per heavy atom. The van der Waals surface area contributed by atoms with Crippen LogP contribution in [0.25, 0.3) is 0 Å². The first-order chi connectivity index (χ1) is 5.17. The van der Waals surface area contributed by atoms with Crippen LogP contribution < -0.4 is 17.6 Å². The van der Waals surface area contributed by atoms with Crippen molar-refractivity contribution in [2.24, 2.45) is 0 Å². The maximum atomic E-state index is 3.86. The minimum absolute atomic E-state index is 0. The van der Waals surface area contributed by atoms with E-state index in [1.165, 1.54) is 5.19 Å². The second kappa shape index (κ2) is 6.65. The number of hydrogen-bond acceptors (Lipinski definition) is 0. The Balaban J connectivity index is 0. The Hall–Kier alpha value is 0.233. The molecular weight excluding hydrogens is 208 g/mol. The second-order valence-electron chi connectivity index (χ2n) is 3.21. The number of rotatable bonds is 2. The molecule has 0 fully saturated rings. The minimum Gasteiger partial charge on any atom is -1.00 e. The SMILES string of the molecule is C=C[Si](C)(C)c1cc[c-]cc1.[Cl-].[Mg+2]. The van der Waals surface area contributed by atoms with Crippen molar-refractivity contribution in [3.8, 4) is 0 Å². The zero-order valence-corrected chi connectivity index (χ0v) is 11.3. The van der Waals surface area contributed by atoms with Crippen molar-refractivity contribution in [3.63, 3.8) is 0 Å². The van der Waals surface area contributed by atoms with Crippen LogP contribution in [0.3, 0.4) is 0 Å². The first-order valence-corrected chi connectivity index (χ1v) is 6.85. The molecule has 0 radical (unpaired) electrons. The summed E-state index contributed by atoms with van der Waals surface area (Å²) in [7, 11) is -1.31. The van der Waals surface area contributed by atoms with E-state index in [4.69, 9.17) is 0 Å². The molecule has 0 unspecified atom stereocenters. The van der Waals surface area contributed by atoms with Crippen LogP contribution in [0.5, 0.6) is 0 Å². The summed E-state index contributed by atoms with van der Waals surface area (Å²) < 4.78 is 0. The van der Waals surface area contributed by atoms with E-state index >= 15 is 0 Å².